The highest BCUT2D eigenvalue weighted by atomic mass is 79.9. The van der Waals surface area contributed by atoms with Crippen LogP contribution in [0.1, 0.15) is 11.6 Å². The minimum absolute atomic E-state index is 0. The van der Waals surface area contributed by atoms with E-state index in [9.17, 15) is 8.78 Å². The first-order chi connectivity index (χ1) is 9.04. The van der Waals surface area contributed by atoms with Crippen molar-refractivity contribution >= 4 is 28.3 Å². The molecule has 0 saturated carbocycles. The van der Waals surface area contributed by atoms with E-state index in [2.05, 4.69) is 21.2 Å². The predicted molar refractivity (Wildman–Crippen MR) is 80.6 cm³/mol. The highest BCUT2D eigenvalue weighted by molar-refractivity contribution is 9.10. The Labute approximate surface area is 131 Å². The lowest BCUT2D eigenvalue weighted by Gasteiger charge is -2.38. The van der Waals surface area contributed by atoms with Gasteiger partial charge in [-0.15, -0.1) is 12.4 Å². The van der Waals surface area contributed by atoms with Crippen molar-refractivity contribution < 1.29 is 13.9 Å². The van der Waals surface area contributed by atoms with Gasteiger partial charge in [0.2, 0.25) is 0 Å². The molecule has 1 aliphatic heterocycles. The first-order valence-electron chi connectivity index (χ1n) is 6.23. The van der Waals surface area contributed by atoms with Gasteiger partial charge >= 0.3 is 0 Å². The topological polar surface area (TPSA) is 35.5 Å². The lowest BCUT2D eigenvalue weighted by Crippen LogP contribution is -2.51. The number of hydrogen-bond acceptors (Lipinski definition) is 3. The van der Waals surface area contributed by atoms with Crippen LogP contribution in [0.25, 0.3) is 0 Å². The minimum Gasteiger partial charge on any atom is -0.390 e. The van der Waals surface area contributed by atoms with Gasteiger partial charge in [-0.3, -0.25) is 4.90 Å². The minimum atomic E-state index is -3.15. The summed E-state index contributed by atoms with van der Waals surface area (Å²) in [6.45, 7) is 1.34. The zero-order valence-electron chi connectivity index (χ0n) is 10.9. The van der Waals surface area contributed by atoms with Crippen molar-refractivity contribution in [3.05, 3.63) is 34.3 Å². The van der Waals surface area contributed by atoms with Gasteiger partial charge in [0.15, 0.2) is 0 Å². The molecule has 1 saturated heterocycles. The zero-order chi connectivity index (χ0) is 13.9. The normalized spacial score (nSPS) is 18.4. The molecule has 0 bridgehead atoms. The zero-order valence-corrected chi connectivity index (χ0v) is 13.3. The van der Waals surface area contributed by atoms with Crippen molar-refractivity contribution in [1.82, 2.24) is 10.2 Å². The number of alkyl halides is 2. The molecule has 0 radical (unpaired) electrons. The van der Waals surface area contributed by atoms with Gasteiger partial charge in [0, 0.05) is 30.7 Å². The van der Waals surface area contributed by atoms with Crippen molar-refractivity contribution in [2.45, 2.75) is 12.0 Å². The molecule has 3 nitrogen and oxygen atoms in total. The number of rotatable bonds is 4. The fourth-order valence-corrected chi connectivity index (χ4v) is 2.66. The molecule has 1 fully saturated rings. The fraction of sp³-hybridized carbons (Fsp3) is 0.538. The van der Waals surface area contributed by atoms with E-state index in [1.165, 1.54) is 0 Å². The maximum atomic E-state index is 14.1. The Hall–Kier alpha value is -0.270. The average Bonchev–Trinajstić information content (AvgIpc) is 2.42. The van der Waals surface area contributed by atoms with Gasteiger partial charge in [0.05, 0.1) is 0 Å². The molecule has 2 N–H and O–H groups in total. The Morgan fingerprint density at radius 2 is 1.80 bits per heavy atom. The van der Waals surface area contributed by atoms with E-state index in [0.717, 1.165) is 4.47 Å². The third kappa shape index (κ3) is 4.11. The van der Waals surface area contributed by atoms with E-state index in [1.807, 2.05) is 0 Å². The monoisotopic (exact) mass is 370 g/mol. The molecule has 2 rings (SSSR count). The molecule has 20 heavy (non-hydrogen) atoms. The van der Waals surface area contributed by atoms with Gasteiger partial charge in [-0.05, 0) is 17.7 Å². The third-order valence-electron chi connectivity index (χ3n) is 3.31. The summed E-state index contributed by atoms with van der Waals surface area (Å²) in [5.41, 5.74) is 0.532. The summed E-state index contributed by atoms with van der Waals surface area (Å²) in [6, 6.07) is 5.78. The molecule has 1 atom stereocenters. The molecule has 114 valence electrons. The average molecular weight is 372 g/mol. The van der Waals surface area contributed by atoms with E-state index in [0.29, 0.717) is 31.7 Å². The van der Waals surface area contributed by atoms with E-state index < -0.39 is 18.6 Å². The Bertz CT molecular complexity index is 413. The quantitative estimate of drug-likeness (QED) is 0.853. The van der Waals surface area contributed by atoms with Gasteiger partial charge in [-0.1, -0.05) is 28.1 Å². The number of aliphatic hydroxyl groups is 1. The number of halogens is 4. The smallest absolute Gasteiger partial charge is 0.289 e. The van der Waals surface area contributed by atoms with Crippen LogP contribution in [-0.2, 0) is 0 Å². The van der Waals surface area contributed by atoms with E-state index >= 15 is 0 Å². The van der Waals surface area contributed by atoms with Gasteiger partial charge in [0.1, 0.15) is 12.6 Å². The maximum Gasteiger partial charge on any atom is 0.289 e. The first kappa shape index (κ1) is 17.8. The third-order valence-corrected chi connectivity index (χ3v) is 3.84. The van der Waals surface area contributed by atoms with E-state index in [4.69, 9.17) is 5.11 Å². The molecule has 1 aromatic carbocycles. The van der Waals surface area contributed by atoms with Gasteiger partial charge in [0.25, 0.3) is 5.92 Å². The molecule has 7 heteroatoms. The second-order valence-electron chi connectivity index (χ2n) is 4.66. The van der Waals surface area contributed by atoms with Gasteiger partial charge < -0.3 is 10.4 Å². The van der Waals surface area contributed by atoms with Crippen molar-refractivity contribution in [2.24, 2.45) is 0 Å². The van der Waals surface area contributed by atoms with E-state index in [1.54, 1.807) is 29.2 Å². The Kier molecular flexibility index (Phi) is 6.81. The number of benzene rings is 1. The second-order valence-corrected chi connectivity index (χ2v) is 5.57. The Morgan fingerprint density at radius 3 is 2.30 bits per heavy atom. The number of aliphatic hydroxyl groups excluding tert-OH is 1. The van der Waals surface area contributed by atoms with Gasteiger partial charge in [-0.2, -0.15) is 0 Å². The second kappa shape index (κ2) is 7.66. The molecule has 0 spiro atoms. The molecule has 0 unspecified atom stereocenters. The van der Waals surface area contributed by atoms with Crippen LogP contribution in [0, 0.1) is 0 Å². The summed E-state index contributed by atoms with van der Waals surface area (Å²) in [4.78, 5) is 1.73. The van der Waals surface area contributed by atoms with E-state index in [-0.39, 0.29) is 12.4 Å². The number of nitrogens with zero attached hydrogens (tertiary/aromatic N) is 1. The number of hydrogen-bond donors (Lipinski definition) is 2. The standard InChI is InChI=1S/C13H17BrF2N2O.ClH/c14-11-3-1-10(2-4-11)12(13(15,16)9-19)18-7-5-17-6-8-18;/h1-4,12,17,19H,5-9H2;1H/t12-;/m0./s1. The molecule has 0 aliphatic carbocycles. The van der Waals surface area contributed by atoms with Crippen molar-refractivity contribution in [2.75, 3.05) is 32.8 Å². The highest BCUT2D eigenvalue weighted by Crippen LogP contribution is 2.36. The summed E-state index contributed by atoms with van der Waals surface area (Å²) >= 11 is 3.30. The lowest BCUT2D eigenvalue weighted by molar-refractivity contribution is -0.118. The fourth-order valence-electron chi connectivity index (χ4n) is 2.39. The number of nitrogens with one attached hydrogen (secondary N) is 1. The molecular weight excluding hydrogens is 354 g/mol. The summed E-state index contributed by atoms with van der Waals surface area (Å²) < 4.78 is 29.0. The molecule has 0 amide bonds. The summed E-state index contributed by atoms with van der Waals surface area (Å²) in [5.74, 6) is -3.15. The maximum absolute atomic E-state index is 14.1. The first-order valence-corrected chi connectivity index (χ1v) is 7.03. The van der Waals surface area contributed by atoms with Crippen molar-refractivity contribution in [1.29, 1.82) is 0 Å². The van der Waals surface area contributed by atoms with Crippen LogP contribution in [0.3, 0.4) is 0 Å². The van der Waals surface area contributed by atoms with Crippen LogP contribution >= 0.6 is 28.3 Å². The van der Waals surface area contributed by atoms with Gasteiger partial charge in [-0.25, -0.2) is 8.78 Å². The van der Waals surface area contributed by atoms with Crippen LogP contribution in [0.4, 0.5) is 8.78 Å². The number of piperazine rings is 1. The highest BCUT2D eigenvalue weighted by Gasteiger charge is 2.43. The van der Waals surface area contributed by atoms with Crippen LogP contribution in [0.2, 0.25) is 0 Å². The van der Waals surface area contributed by atoms with Crippen molar-refractivity contribution in [3.63, 3.8) is 0 Å². The van der Waals surface area contributed by atoms with Crippen LogP contribution in [-0.4, -0.2) is 48.7 Å². The Morgan fingerprint density at radius 1 is 1.25 bits per heavy atom. The largest absolute Gasteiger partial charge is 0.390 e. The molecule has 0 aromatic heterocycles. The molecule has 1 aromatic rings. The van der Waals surface area contributed by atoms with Crippen LogP contribution in [0.5, 0.6) is 0 Å². The predicted octanol–water partition coefficient (Wildman–Crippen LogP) is 2.44. The van der Waals surface area contributed by atoms with Crippen molar-refractivity contribution in [3.8, 4) is 0 Å². The summed E-state index contributed by atoms with van der Waals surface area (Å²) in [7, 11) is 0. The SMILES string of the molecule is Cl.OCC(F)(F)[C@H](c1ccc(Br)cc1)N1CCNCC1. The molecule has 1 heterocycles. The van der Waals surface area contributed by atoms with Crippen LogP contribution < -0.4 is 5.32 Å². The molecular formula is C13H18BrClF2N2O. The van der Waals surface area contributed by atoms with Crippen LogP contribution in [0.15, 0.2) is 28.7 Å². The molecule has 1 aliphatic rings. The summed E-state index contributed by atoms with van der Waals surface area (Å²) in [6.07, 6.45) is 0. The Balaban J connectivity index is 0.00000200. The lowest BCUT2D eigenvalue weighted by atomic mass is 9.98. The summed E-state index contributed by atoms with van der Waals surface area (Å²) in [5, 5.41) is 12.2.